The fourth-order valence-electron chi connectivity index (χ4n) is 3.11. The lowest BCUT2D eigenvalue weighted by Gasteiger charge is -2.16. The first-order valence-corrected chi connectivity index (χ1v) is 9.24. The number of amides is 2. The zero-order valence-corrected chi connectivity index (χ0v) is 16.3. The minimum atomic E-state index is -0.566. The van der Waals surface area contributed by atoms with Gasteiger partial charge in [-0.05, 0) is 56.2 Å². The molecule has 1 aliphatic rings. The minimum Gasteiger partial charge on any atom is -0.455 e. The third-order valence-corrected chi connectivity index (χ3v) is 4.94. The number of nitrogens with zero attached hydrogens (tertiary/aromatic N) is 1. The second kappa shape index (κ2) is 8.25. The molecule has 0 aliphatic carbocycles. The van der Waals surface area contributed by atoms with E-state index < -0.39 is 17.8 Å². The summed E-state index contributed by atoms with van der Waals surface area (Å²) in [5, 5.41) is 2.71. The summed E-state index contributed by atoms with van der Waals surface area (Å²) in [5.74, 6) is -1.62. The number of carbonyl (C=O) groups is 3. The van der Waals surface area contributed by atoms with E-state index in [0.29, 0.717) is 5.69 Å². The van der Waals surface area contributed by atoms with Crippen LogP contribution in [0.2, 0.25) is 0 Å². The molecule has 0 aromatic heterocycles. The second-order valence-corrected chi connectivity index (χ2v) is 7.20. The molecule has 0 radical (unpaired) electrons. The number of rotatable bonds is 5. The fraction of sp³-hybridized carbons (Fsp3) is 0.318. The van der Waals surface area contributed by atoms with E-state index in [0.717, 1.165) is 22.4 Å². The number of carbonyl (C=O) groups excluding carboxylic acids is 3. The third-order valence-electron chi connectivity index (χ3n) is 4.94. The first-order valence-electron chi connectivity index (χ1n) is 9.24. The van der Waals surface area contributed by atoms with Gasteiger partial charge in [-0.1, -0.05) is 23.8 Å². The van der Waals surface area contributed by atoms with E-state index in [1.807, 2.05) is 57.2 Å². The van der Waals surface area contributed by atoms with Crippen molar-refractivity contribution in [2.45, 2.75) is 27.2 Å². The Morgan fingerprint density at radius 1 is 1.07 bits per heavy atom. The monoisotopic (exact) mass is 380 g/mol. The van der Waals surface area contributed by atoms with Gasteiger partial charge in [0.25, 0.3) is 5.91 Å². The smallest absolute Gasteiger partial charge is 0.311 e. The molecule has 1 N–H and O–H groups in total. The molecule has 0 saturated carbocycles. The summed E-state index contributed by atoms with van der Waals surface area (Å²) in [4.78, 5) is 38.2. The molecule has 3 rings (SSSR count). The van der Waals surface area contributed by atoms with Gasteiger partial charge in [0, 0.05) is 24.3 Å². The van der Waals surface area contributed by atoms with E-state index >= 15 is 0 Å². The Bertz CT molecular complexity index is 905. The van der Waals surface area contributed by atoms with Crippen LogP contribution in [0.1, 0.15) is 23.1 Å². The predicted octanol–water partition coefficient (Wildman–Crippen LogP) is 3.15. The highest BCUT2D eigenvalue weighted by Gasteiger charge is 2.36. The Kier molecular flexibility index (Phi) is 5.78. The van der Waals surface area contributed by atoms with Crippen LogP contribution in [0.5, 0.6) is 0 Å². The van der Waals surface area contributed by atoms with Crippen molar-refractivity contribution in [3.8, 4) is 0 Å². The molecule has 1 atom stereocenters. The summed E-state index contributed by atoms with van der Waals surface area (Å²) < 4.78 is 5.14. The van der Waals surface area contributed by atoms with Crippen LogP contribution in [0.15, 0.2) is 42.5 Å². The molecule has 1 saturated heterocycles. The number of benzene rings is 2. The van der Waals surface area contributed by atoms with Crippen LogP contribution in [-0.4, -0.2) is 30.9 Å². The van der Waals surface area contributed by atoms with Gasteiger partial charge in [-0.3, -0.25) is 14.4 Å². The lowest BCUT2D eigenvalue weighted by atomic mass is 10.1. The van der Waals surface area contributed by atoms with E-state index in [1.165, 1.54) is 0 Å². The summed E-state index contributed by atoms with van der Waals surface area (Å²) in [7, 11) is 0. The predicted molar refractivity (Wildman–Crippen MR) is 107 cm³/mol. The lowest BCUT2D eigenvalue weighted by molar-refractivity contribution is -0.151. The quantitative estimate of drug-likeness (QED) is 0.809. The van der Waals surface area contributed by atoms with Crippen molar-refractivity contribution in [1.29, 1.82) is 0 Å². The SMILES string of the molecule is Cc1ccc(N2C[C@H](C(=O)OCC(=O)Nc3ccc(C)c(C)c3)CC2=O)cc1. The fourth-order valence-corrected chi connectivity index (χ4v) is 3.11. The minimum absolute atomic E-state index is 0.0888. The second-order valence-electron chi connectivity index (χ2n) is 7.20. The van der Waals surface area contributed by atoms with Gasteiger partial charge in [0.15, 0.2) is 6.61 Å². The summed E-state index contributed by atoms with van der Waals surface area (Å²) in [6.45, 7) is 5.81. The first-order chi connectivity index (χ1) is 13.3. The normalized spacial score (nSPS) is 16.2. The van der Waals surface area contributed by atoms with Crippen LogP contribution in [0.25, 0.3) is 0 Å². The van der Waals surface area contributed by atoms with E-state index in [4.69, 9.17) is 4.74 Å². The summed E-state index contributed by atoms with van der Waals surface area (Å²) >= 11 is 0. The van der Waals surface area contributed by atoms with Gasteiger partial charge in [0.2, 0.25) is 5.91 Å². The molecular formula is C22H24N2O4. The molecule has 2 aromatic rings. The van der Waals surface area contributed by atoms with Gasteiger partial charge in [0.1, 0.15) is 0 Å². The van der Waals surface area contributed by atoms with Crippen LogP contribution in [0.4, 0.5) is 11.4 Å². The van der Waals surface area contributed by atoms with Gasteiger partial charge >= 0.3 is 5.97 Å². The van der Waals surface area contributed by atoms with E-state index in [9.17, 15) is 14.4 Å². The largest absolute Gasteiger partial charge is 0.455 e. The number of hydrogen-bond acceptors (Lipinski definition) is 4. The number of anilines is 2. The van der Waals surface area contributed by atoms with E-state index in [2.05, 4.69) is 5.32 Å². The van der Waals surface area contributed by atoms with Crippen molar-refractivity contribution in [2.75, 3.05) is 23.4 Å². The molecule has 6 heteroatoms. The van der Waals surface area contributed by atoms with Gasteiger partial charge in [-0.25, -0.2) is 0 Å². The summed E-state index contributed by atoms with van der Waals surface area (Å²) in [5.41, 5.74) is 4.72. The highest BCUT2D eigenvalue weighted by molar-refractivity contribution is 6.00. The maximum atomic E-state index is 12.3. The molecule has 1 heterocycles. The van der Waals surface area contributed by atoms with Gasteiger partial charge in [-0.15, -0.1) is 0 Å². The molecule has 0 spiro atoms. The number of ether oxygens (including phenoxy) is 1. The van der Waals surface area contributed by atoms with Gasteiger partial charge in [-0.2, -0.15) is 0 Å². The van der Waals surface area contributed by atoms with Crippen molar-refractivity contribution < 1.29 is 19.1 Å². The zero-order chi connectivity index (χ0) is 20.3. The summed E-state index contributed by atoms with van der Waals surface area (Å²) in [6.07, 6.45) is 0.0888. The van der Waals surface area contributed by atoms with Crippen molar-refractivity contribution in [3.63, 3.8) is 0 Å². The maximum absolute atomic E-state index is 12.3. The molecule has 2 aromatic carbocycles. The Labute approximate surface area is 164 Å². The highest BCUT2D eigenvalue weighted by Crippen LogP contribution is 2.26. The van der Waals surface area contributed by atoms with Gasteiger partial charge in [0.05, 0.1) is 5.92 Å². The Hall–Kier alpha value is -3.15. The molecule has 0 bridgehead atoms. The van der Waals surface area contributed by atoms with Crippen LogP contribution < -0.4 is 10.2 Å². The van der Waals surface area contributed by atoms with Crippen LogP contribution in [-0.2, 0) is 19.1 Å². The zero-order valence-electron chi connectivity index (χ0n) is 16.3. The van der Waals surface area contributed by atoms with E-state index in [-0.39, 0.29) is 25.5 Å². The van der Waals surface area contributed by atoms with Crippen molar-refractivity contribution in [1.82, 2.24) is 0 Å². The van der Waals surface area contributed by atoms with Crippen molar-refractivity contribution >= 4 is 29.2 Å². The molecule has 146 valence electrons. The van der Waals surface area contributed by atoms with Crippen LogP contribution in [0.3, 0.4) is 0 Å². The molecule has 1 fully saturated rings. The molecular weight excluding hydrogens is 356 g/mol. The molecule has 6 nitrogen and oxygen atoms in total. The summed E-state index contributed by atoms with van der Waals surface area (Å²) in [6, 6.07) is 13.1. The van der Waals surface area contributed by atoms with Crippen LogP contribution in [0, 0.1) is 26.7 Å². The maximum Gasteiger partial charge on any atom is 0.311 e. The first kappa shape index (κ1) is 19.6. The standard InChI is InChI=1S/C22H24N2O4/c1-14-4-8-19(9-5-14)24-12-17(11-21(24)26)22(27)28-13-20(25)23-18-7-6-15(2)16(3)10-18/h4-10,17H,11-13H2,1-3H3,(H,23,25)/t17-/m1/s1. The molecule has 2 amide bonds. The topological polar surface area (TPSA) is 75.7 Å². The number of hydrogen-bond donors (Lipinski definition) is 1. The third kappa shape index (κ3) is 4.57. The molecule has 1 aliphatic heterocycles. The Balaban J connectivity index is 1.52. The number of esters is 1. The van der Waals surface area contributed by atoms with E-state index in [1.54, 1.807) is 11.0 Å². The molecule has 0 unspecified atom stereocenters. The van der Waals surface area contributed by atoms with Crippen molar-refractivity contribution in [3.05, 3.63) is 59.2 Å². The highest BCUT2D eigenvalue weighted by atomic mass is 16.5. The number of aryl methyl sites for hydroxylation is 3. The van der Waals surface area contributed by atoms with Crippen molar-refractivity contribution in [2.24, 2.45) is 5.92 Å². The Morgan fingerprint density at radius 2 is 1.79 bits per heavy atom. The Morgan fingerprint density at radius 3 is 2.46 bits per heavy atom. The average Bonchev–Trinajstić information content (AvgIpc) is 3.05. The lowest BCUT2D eigenvalue weighted by Crippen LogP contribution is -2.28. The number of nitrogens with one attached hydrogen (secondary N) is 1. The molecule has 28 heavy (non-hydrogen) atoms. The average molecular weight is 380 g/mol. The van der Waals surface area contributed by atoms with Gasteiger partial charge < -0.3 is 15.0 Å². The van der Waals surface area contributed by atoms with Crippen LogP contribution >= 0.6 is 0 Å².